The summed E-state index contributed by atoms with van der Waals surface area (Å²) in [7, 11) is 0. The number of piperidine rings is 1. The normalized spacial score (nSPS) is 19.3. The van der Waals surface area contributed by atoms with Crippen LogP contribution in [0.5, 0.6) is 0 Å². The molecule has 1 amide bonds. The molecule has 0 radical (unpaired) electrons. The lowest BCUT2D eigenvalue weighted by Crippen LogP contribution is -2.34. The van der Waals surface area contributed by atoms with Crippen LogP contribution in [0.3, 0.4) is 0 Å². The van der Waals surface area contributed by atoms with E-state index in [0.29, 0.717) is 6.54 Å². The Morgan fingerprint density at radius 2 is 2.24 bits per heavy atom. The van der Waals surface area contributed by atoms with Crippen LogP contribution >= 0.6 is 0 Å². The lowest BCUT2D eigenvalue weighted by Gasteiger charge is -2.23. The molecule has 0 saturated carbocycles. The van der Waals surface area contributed by atoms with Gasteiger partial charge in [0, 0.05) is 6.54 Å². The maximum absolute atomic E-state index is 12.7. The molecule has 1 unspecified atom stereocenters. The van der Waals surface area contributed by atoms with Crippen LogP contribution in [0.15, 0.2) is 12.1 Å². The number of hydrogen-bond acceptors (Lipinski definition) is 4. The van der Waals surface area contributed by atoms with Crippen molar-refractivity contribution in [2.45, 2.75) is 19.0 Å². The third-order valence-corrected chi connectivity index (χ3v) is 3.41. The molecule has 1 aliphatic heterocycles. The molecule has 1 atom stereocenters. The Morgan fingerprint density at radius 3 is 2.81 bits per heavy atom. The van der Waals surface area contributed by atoms with Crippen LogP contribution in [0.1, 0.15) is 28.9 Å². The number of rotatable bonds is 4. The Bertz CT molecular complexity index is 513. The van der Waals surface area contributed by atoms with Gasteiger partial charge in [-0.2, -0.15) is 13.2 Å². The zero-order valence-corrected chi connectivity index (χ0v) is 11.3. The number of hydrogen-bond donors (Lipinski definition) is 3. The van der Waals surface area contributed by atoms with Crippen LogP contribution in [-0.2, 0) is 6.18 Å². The number of amides is 1. The van der Waals surface area contributed by atoms with E-state index in [9.17, 15) is 18.0 Å². The van der Waals surface area contributed by atoms with Crippen molar-refractivity contribution in [3.63, 3.8) is 0 Å². The van der Waals surface area contributed by atoms with Gasteiger partial charge in [0.25, 0.3) is 5.91 Å². The molecule has 5 nitrogen and oxygen atoms in total. The zero-order valence-electron chi connectivity index (χ0n) is 11.3. The maximum Gasteiger partial charge on any atom is 0.433 e. The second-order valence-electron chi connectivity index (χ2n) is 5.05. The number of carbonyl (C=O) groups excluding carboxylic acids is 1. The Morgan fingerprint density at radius 1 is 1.48 bits per heavy atom. The van der Waals surface area contributed by atoms with E-state index in [4.69, 9.17) is 5.73 Å². The summed E-state index contributed by atoms with van der Waals surface area (Å²) in [6.45, 7) is 2.18. The number of aromatic nitrogens is 1. The molecule has 21 heavy (non-hydrogen) atoms. The van der Waals surface area contributed by atoms with Gasteiger partial charge in [-0.15, -0.1) is 0 Å². The number of nitrogens with zero attached hydrogens (tertiary/aromatic N) is 1. The van der Waals surface area contributed by atoms with E-state index in [0.717, 1.165) is 38.1 Å². The molecule has 116 valence electrons. The standard InChI is InChI=1S/C13H17F3N4O/c14-13(15,16)10-4-3-9(11(17)21)12(20-10)19-7-8-2-1-5-18-6-8/h3-4,8,18H,1-2,5-7H2,(H2,17,21)(H,19,20). The largest absolute Gasteiger partial charge is 0.433 e. The van der Waals surface area contributed by atoms with Crippen molar-refractivity contribution < 1.29 is 18.0 Å². The van der Waals surface area contributed by atoms with E-state index in [1.165, 1.54) is 0 Å². The highest BCUT2D eigenvalue weighted by molar-refractivity contribution is 5.97. The summed E-state index contributed by atoms with van der Waals surface area (Å²) >= 11 is 0. The highest BCUT2D eigenvalue weighted by Gasteiger charge is 2.33. The molecule has 0 aromatic carbocycles. The minimum absolute atomic E-state index is 0.0354. The zero-order chi connectivity index (χ0) is 15.5. The van der Waals surface area contributed by atoms with Gasteiger partial charge in [-0.05, 0) is 44.0 Å². The second-order valence-corrected chi connectivity index (χ2v) is 5.05. The molecule has 0 bridgehead atoms. The van der Waals surface area contributed by atoms with E-state index >= 15 is 0 Å². The monoisotopic (exact) mass is 302 g/mol. The first kappa shape index (κ1) is 15.6. The summed E-state index contributed by atoms with van der Waals surface area (Å²) < 4.78 is 38.0. The first-order valence-electron chi connectivity index (χ1n) is 6.70. The fourth-order valence-electron chi connectivity index (χ4n) is 2.29. The highest BCUT2D eigenvalue weighted by Crippen LogP contribution is 2.29. The van der Waals surface area contributed by atoms with Gasteiger partial charge >= 0.3 is 6.18 Å². The van der Waals surface area contributed by atoms with Crippen molar-refractivity contribution in [3.8, 4) is 0 Å². The molecule has 1 saturated heterocycles. The molecule has 1 aromatic rings. The summed E-state index contributed by atoms with van der Waals surface area (Å²) in [5.74, 6) is -0.626. The lowest BCUT2D eigenvalue weighted by molar-refractivity contribution is -0.141. The van der Waals surface area contributed by atoms with Gasteiger partial charge < -0.3 is 16.4 Å². The fraction of sp³-hybridized carbons (Fsp3) is 0.538. The Balaban J connectivity index is 2.16. The van der Waals surface area contributed by atoms with Crippen LogP contribution in [0, 0.1) is 5.92 Å². The van der Waals surface area contributed by atoms with Crippen molar-refractivity contribution in [1.82, 2.24) is 10.3 Å². The van der Waals surface area contributed by atoms with Gasteiger partial charge in [0.2, 0.25) is 0 Å². The van der Waals surface area contributed by atoms with Crippen LogP contribution in [0.25, 0.3) is 0 Å². The van der Waals surface area contributed by atoms with Crippen molar-refractivity contribution in [1.29, 1.82) is 0 Å². The summed E-state index contributed by atoms with van der Waals surface area (Å²) in [6.07, 6.45) is -2.56. The fourth-order valence-corrected chi connectivity index (χ4v) is 2.29. The van der Waals surface area contributed by atoms with Crippen LogP contribution < -0.4 is 16.4 Å². The predicted molar refractivity (Wildman–Crippen MR) is 71.8 cm³/mol. The topological polar surface area (TPSA) is 80.0 Å². The minimum Gasteiger partial charge on any atom is -0.369 e. The number of halogens is 3. The van der Waals surface area contributed by atoms with Crippen LogP contribution in [0.4, 0.5) is 19.0 Å². The molecule has 8 heteroatoms. The van der Waals surface area contributed by atoms with Gasteiger partial charge in [0.05, 0.1) is 5.56 Å². The number of alkyl halides is 3. The summed E-state index contributed by atoms with van der Waals surface area (Å²) in [5.41, 5.74) is 4.09. The number of nitrogens with two attached hydrogens (primary N) is 1. The Kier molecular flexibility index (Phi) is 4.66. The molecule has 1 aliphatic rings. The number of nitrogens with one attached hydrogen (secondary N) is 2. The molecule has 0 spiro atoms. The maximum atomic E-state index is 12.7. The Hall–Kier alpha value is -1.83. The van der Waals surface area contributed by atoms with Crippen molar-refractivity contribution in [2.24, 2.45) is 11.7 Å². The number of primary amides is 1. The van der Waals surface area contributed by atoms with Crippen LogP contribution in [0.2, 0.25) is 0 Å². The molecular weight excluding hydrogens is 285 g/mol. The summed E-state index contributed by atoms with van der Waals surface area (Å²) in [5, 5.41) is 6.04. The SMILES string of the molecule is NC(=O)c1ccc(C(F)(F)F)nc1NCC1CCCNC1. The second kappa shape index (κ2) is 6.30. The van der Waals surface area contributed by atoms with Gasteiger partial charge in [-0.25, -0.2) is 4.98 Å². The van der Waals surface area contributed by atoms with Gasteiger partial charge in [0.15, 0.2) is 0 Å². The van der Waals surface area contributed by atoms with E-state index < -0.39 is 17.8 Å². The predicted octanol–water partition coefficient (Wildman–Crippen LogP) is 1.61. The number of anilines is 1. The van der Waals surface area contributed by atoms with Gasteiger partial charge in [-0.3, -0.25) is 4.79 Å². The summed E-state index contributed by atoms with van der Waals surface area (Å²) in [6, 6.07) is 1.81. The van der Waals surface area contributed by atoms with Crippen molar-refractivity contribution in [2.75, 3.05) is 25.0 Å². The Labute approximate surface area is 120 Å². The smallest absolute Gasteiger partial charge is 0.369 e. The molecular formula is C13H17F3N4O. The molecule has 4 N–H and O–H groups in total. The van der Waals surface area contributed by atoms with E-state index in [-0.39, 0.29) is 17.3 Å². The molecule has 1 aromatic heterocycles. The quantitative estimate of drug-likeness (QED) is 0.789. The summed E-state index contributed by atoms with van der Waals surface area (Å²) in [4.78, 5) is 14.8. The molecule has 0 aliphatic carbocycles. The highest BCUT2D eigenvalue weighted by atomic mass is 19.4. The first-order chi connectivity index (χ1) is 9.88. The number of pyridine rings is 1. The van der Waals surface area contributed by atoms with Crippen molar-refractivity contribution >= 4 is 11.7 Å². The number of carbonyl (C=O) groups is 1. The van der Waals surface area contributed by atoms with Gasteiger partial charge in [-0.1, -0.05) is 0 Å². The average Bonchev–Trinajstić information content (AvgIpc) is 2.45. The van der Waals surface area contributed by atoms with Gasteiger partial charge in [0.1, 0.15) is 11.5 Å². The third kappa shape index (κ3) is 4.07. The average molecular weight is 302 g/mol. The van der Waals surface area contributed by atoms with E-state index in [2.05, 4.69) is 15.6 Å². The lowest BCUT2D eigenvalue weighted by atomic mass is 10.00. The third-order valence-electron chi connectivity index (χ3n) is 3.41. The van der Waals surface area contributed by atoms with Crippen molar-refractivity contribution in [3.05, 3.63) is 23.4 Å². The van der Waals surface area contributed by atoms with Crippen LogP contribution in [-0.4, -0.2) is 30.5 Å². The molecule has 1 fully saturated rings. The first-order valence-corrected chi connectivity index (χ1v) is 6.70. The minimum atomic E-state index is -4.56. The molecule has 2 heterocycles. The van der Waals surface area contributed by atoms with E-state index in [1.54, 1.807) is 0 Å². The molecule has 2 rings (SSSR count). The van der Waals surface area contributed by atoms with E-state index in [1.807, 2.05) is 0 Å².